The van der Waals surface area contributed by atoms with E-state index in [-0.39, 0.29) is 12.0 Å². The molecule has 1 fully saturated rings. The number of nitrogens with zero attached hydrogens (tertiary/aromatic N) is 3. The first-order chi connectivity index (χ1) is 11.9. The fourth-order valence-corrected chi connectivity index (χ4v) is 2.87. The molecule has 1 saturated heterocycles. The third kappa shape index (κ3) is 4.39. The van der Waals surface area contributed by atoms with Gasteiger partial charge in [0.1, 0.15) is 11.9 Å². The second-order valence-electron chi connectivity index (χ2n) is 6.39. The van der Waals surface area contributed by atoms with Crippen molar-refractivity contribution >= 4 is 17.5 Å². The maximum absolute atomic E-state index is 12.8. The number of ether oxygens (including phenoxy) is 2. The zero-order valence-corrected chi connectivity index (χ0v) is 14.9. The van der Waals surface area contributed by atoms with E-state index in [1.807, 2.05) is 0 Å². The SMILES string of the molecule is CC(C)(Oc1ccc(Cl)cc1)C(=O)N1CCC(Oc2cnccn2)C1. The average molecular weight is 362 g/mol. The third-order valence-electron chi connectivity index (χ3n) is 3.96. The molecule has 25 heavy (non-hydrogen) atoms. The zero-order valence-electron chi connectivity index (χ0n) is 14.2. The van der Waals surface area contributed by atoms with Gasteiger partial charge in [0.05, 0.1) is 12.7 Å². The van der Waals surface area contributed by atoms with Gasteiger partial charge in [-0.15, -0.1) is 0 Å². The summed E-state index contributed by atoms with van der Waals surface area (Å²) in [5.74, 6) is 1.00. The molecule has 2 heterocycles. The van der Waals surface area contributed by atoms with Crippen LogP contribution in [-0.4, -0.2) is 45.6 Å². The largest absolute Gasteiger partial charge is 0.478 e. The van der Waals surface area contributed by atoms with E-state index in [0.29, 0.717) is 29.7 Å². The molecular weight excluding hydrogens is 342 g/mol. The van der Waals surface area contributed by atoms with Crippen LogP contribution in [0.25, 0.3) is 0 Å². The van der Waals surface area contributed by atoms with Crippen molar-refractivity contribution in [1.82, 2.24) is 14.9 Å². The fraction of sp³-hybridized carbons (Fsp3) is 0.389. The predicted octanol–water partition coefficient (Wildman–Crippen LogP) is 2.97. The first-order valence-corrected chi connectivity index (χ1v) is 8.48. The number of hydrogen-bond acceptors (Lipinski definition) is 5. The van der Waals surface area contributed by atoms with Gasteiger partial charge in [-0.1, -0.05) is 11.6 Å². The van der Waals surface area contributed by atoms with Crippen molar-refractivity contribution < 1.29 is 14.3 Å². The molecule has 0 N–H and O–H groups in total. The number of likely N-dealkylation sites (tertiary alicyclic amines) is 1. The molecule has 0 saturated carbocycles. The molecule has 1 aliphatic heterocycles. The number of aromatic nitrogens is 2. The van der Waals surface area contributed by atoms with Gasteiger partial charge in [0, 0.05) is 30.4 Å². The zero-order chi connectivity index (χ0) is 17.9. The molecule has 0 radical (unpaired) electrons. The molecule has 2 aromatic rings. The Labute approximate surface area is 151 Å². The molecule has 1 aromatic carbocycles. The van der Waals surface area contributed by atoms with Crippen molar-refractivity contribution in [2.24, 2.45) is 0 Å². The fourth-order valence-electron chi connectivity index (χ4n) is 2.75. The van der Waals surface area contributed by atoms with Crippen molar-refractivity contribution in [3.8, 4) is 11.6 Å². The molecule has 1 unspecified atom stereocenters. The molecule has 3 rings (SSSR count). The van der Waals surface area contributed by atoms with Gasteiger partial charge >= 0.3 is 0 Å². The highest BCUT2D eigenvalue weighted by atomic mass is 35.5. The number of amides is 1. The lowest BCUT2D eigenvalue weighted by atomic mass is 10.1. The minimum Gasteiger partial charge on any atom is -0.478 e. The summed E-state index contributed by atoms with van der Waals surface area (Å²) in [6.45, 7) is 4.65. The molecule has 1 atom stereocenters. The van der Waals surface area contributed by atoms with Crippen molar-refractivity contribution in [2.75, 3.05) is 13.1 Å². The number of rotatable bonds is 5. The topological polar surface area (TPSA) is 64.5 Å². The van der Waals surface area contributed by atoms with Crippen LogP contribution in [0.4, 0.5) is 0 Å². The third-order valence-corrected chi connectivity index (χ3v) is 4.21. The summed E-state index contributed by atoms with van der Waals surface area (Å²) in [4.78, 5) is 22.7. The Balaban J connectivity index is 1.59. The van der Waals surface area contributed by atoms with Crippen LogP contribution < -0.4 is 9.47 Å². The monoisotopic (exact) mass is 361 g/mol. The summed E-state index contributed by atoms with van der Waals surface area (Å²) in [6.07, 6.45) is 5.40. The van der Waals surface area contributed by atoms with Crippen molar-refractivity contribution in [3.63, 3.8) is 0 Å². The van der Waals surface area contributed by atoms with E-state index in [0.717, 1.165) is 6.42 Å². The Kier molecular flexibility index (Phi) is 5.08. The molecule has 1 amide bonds. The first-order valence-electron chi connectivity index (χ1n) is 8.11. The Morgan fingerprint density at radius 2 is 2.04 bits per heavy atom. The van der Waals surface area contributed by atoms with E-state index in [4.69, 9.17) is 21.1 Å². The predicted molar refractivity (Wildman–Crippen MR) is 93.8 cm³/mol. The molecule has 0 bridgehead atoms. The Bertz CT molecular complexity index is 722. The van der Waals surface area contributed by atoms with E-state index in [2.05, 4.69) is 9.97 Å². The van der Waals surface area contributed by atoms with Crippen molar-refractivity contribution in [2.45, 2.75) is 32.0 Å². The molecule has 1 aromatic heterocycles. The Morgan fingerprint density at radius 3 is 2.72 bits per heavy atom. The van der Waals surface area contributed by atoms with Gasteiger partial charge in [0.2, 0.25) is 5.88 Å². The van der Waals surface area contributed by atoms with Gasteiger partial charge in [-0.2, -0.15) is 0 Å². The average Bonchev–Trinajstić information content (AvgIpc) is 3.05. The van der Waals surface area contributed by atoms with Crippen LogP contribution in [0, 0.1) is 0 Å². The highest BCUT2D eigenvalue weighted by Gasteiger charge is 2.38. The smallest absolute Gasteiger partial charge is 0.266 e. The maximum Gasteiger partial charge on any atom is 0.266 e. The van der Waals surface area contributed by atoms with Gasteiger partial charge in [-0.05, 0) is 38.1 Å². The number of hydrogen-bond donors (Lipinski definition) is 0. The van der Waals surface area contributed by atoms with E-state index in [1.54, 1.807) is 61.6 Å². The molecular formula is C18H20ClN3O3. The van der Waals surface area contributed by atoms with Crippen LogP contribution in [0.3, 0.4) is 0 Å². The summed E-state index contributed by atoms with van der Waals surface area (Å²) in [5.41, 5.74) is -0.977. The lowest BCUT2D eigenvalue weighted by molar-refractivity contribution is -0.144. The van der Waals surface area contributed by atoms with E-state index < -0.39 is 5.60 Å². The summed E-state index contributed by atoms with van der Waals surface area (Å²) < 4.78 is 11.6. The van der Waals surface area contributed by atoms with Crippen LogP contribution in [-0.2, 0) is 4.79 Å². The van der Waals surface area contributed by atoms with Gasteiger partial charge in [-0.25, -0.2) is 4.98 Å². The maximum atomic E-state index is 12.8. The first kappa shape index (κ1) is 17.5. The molecule has 6 nitrogen and oxygen atoms in total. The number of carbonyl (C=O) groups excluding carboxylic acids is 1. The normalized spacial score (nSPS) is 17.4. The Morgan fingerprint density at radius 1 is 1.28 bits per heavy atom. The van der Waals surface area contributed by atoms with Crippen LogP contribution in [0.2, 0.25) is 5.02 Å². The van der Waals surface area contributed by atoms with Crippen LogP contribution in [0.15, 0.2) is 42.9 Å². The van der Waals surface area contributed by atoms with Gasteiger partial charge in [0.15, 0.2) is 5.60 Å². The number of carbonyl (C=O) groups is 1. The Hall–Kier alpha value is -2.34. The molecule has 0 spiro atoms. The van der Waals surface area contributed by atoms with Crippen molar-refractivity contribution in [3.05, 3.63) is 47.9 Å². The van der Waals surface area contributed by atoms with Gasteiger partial charge in [0.25, 0.3) is 5.91 Å². The van der Waals surface area contributed by atoms with Crippen LogP contribution in [0.5, 0.6) is 11.6 Å². The number of halogens is 1. The molecule has 1 aliphatic rings. The molecule has 0 aliphatic carbocycles. The molecule has 7 heteroatoms. The second kappa shape index (κ2) is 7.27. The van der Waals surface area contributed by atoms with Crippen LogP contribution >= 0.6 is 11.6 Å². The minimum atomic E-state index is -0.977. The van der Waals surface area contributed by atoms with Gasteiger partial charge < -0.3 is 14.4 Å². The lowest BCUT2D eigenvalue weighted by Crippen LogP contribution is -2.48. The van der Waals surface area contributed by atoms with Crippen LogP contribution in [0.1, 0.15) is 20.3 Å². The highest BCUT2D eigenvalue weighted by Crippen LogP contribution is 2.24. The summed E-state index contributed by atoms with van der Waals surface area (Å²) >= 11 is 5.88. The molecule has 132 valence electrons. The summed E-state index contributed by atoms with van der Waals surface area (Å²) in [6, 6.07) is 6.97. The standard InChI is InChI=1S/C18H20ClN3O3/c1-18(2,25-14-5-3-13(19)4-6-14)17(23)22-10-7-15(12-22)24-16-11-20-8-9-21-16/h3-6,8-9,11,15H,7,10,12H2,1-2H3. The van der Waals surface area contributed by atoms with E-state index >= 15 is 0 Å². The quantitative estimate of drug-likeness (QED) is 0.819. The van der Waals surface area contributed by atoms with Gasteiger partial charge in [-0.3, -0.25) is 9.78 Å². The van der Waals surface area contributed by atoms with E-state index in [9.17, 15) is 4.79 Å². The minimum absolute atomic E-state index is 0.0762. The summed E-state index contributed by atoms with van der Waals surface area (Å²) in [5, 5.41) is 0.625. The van der Waals surface area contributed by atoms with E-state index in [1.165, 1.54) is 0 Å². The number of benzene rings is 1. The second-order valence-corrected chi connectivity index (χ2v) is 6.83. The highest BCUT2D eigenvalue weighted by molar-refractivity contribution is 6.30. The van der Waals surface area contributed by atoms with Crippen molar-refractivity contribution in [1.29, 1.82) is 0 Å². The summed E-state index contributed by atoms with van der Waals surface area (Å²) in [7, 11) is 0. The lowest BCUT2D eigenvalue weighted by Gasteiger charge is -2.30.